The number of nitrogens with one attached hydrogen (secondary N) is 1. The van der Waals surface area contributed by atoms with Gasteiger partial charge >= 0.3 is 0 Å². The first kappa shape index (κ1) is 13.9. The number of benzene rings is 1. The Hall–Kier alpha value is -1.53. The van der Waals surface area contributed by atoms with Crippen LogP contribution in [0.3, 0.4) is 0 Å². The van der Waals surface area contributed by atoms with Crippen LogP contribution in [0.5, 0.6) is 0 Å². The van der Waals surface area contributed by atoms with Gasteiger partial charge in [0.05, 0.1) is 12.5 Å². The van der Waals surface area contributed by atoms with Crippen molar-refractivity contribution < 1.29 is 4.79 Å². The van der Waals surface area contributed by atoms with Crippen molar-refractivity contribution in [1.82, 2.24) is 5.32 Å². The van der Waals surface area contributed by atoms with Crippen LogP contribution >= 0.6 is 11.6 Å². The van der Waals surface area contributed by atoms with Crippen LogP contribution in [-0.2, 0) is 11.2 Å². The molecule has 0 saturated heterocycles. The molecule has 1 N–H and O–H groups in total. The summed E-state index contributed by atoms with van der Waals surface area (Å²) in [5.41, 5.74) is 0.127. The van der Waals surface area contributed by atoms with E-state index < -0.39 is 5.54 Å². The number of hydrogen-bond acceptors (Lipinski definition) is 2. The second-order valence-electron chi connectivity index (χ2n) is 5.07. The Morgan fingerprint density at radius 3 is 2.63 bits per heavy atom. The minimum absolute atomic E-state index is 0.128. The molecule has 1 aliphatic rings. The molecular formula is C15H17ClN2O. The van der Waals surface area contributed by atoms with Crippen molar-refractivity contribution in [3.63, 3.8) is 0 Å². The summed E-state index contributed by atoms with van der Waals surface area (Å²) in [5.74, 6) is -0.128. The highest BCUT2D eigenvalue weighted by Crippen LogP contribution is 2.27. The Kier molecular flexibility index (Phi) is 4.44. The average Bonchev–Trinajstić information content (AvgIpc) is 2.42. The van der Waals surface area contributed by atoms with Crippen molar-refractivity contribution in [3.8, 4) is 6.07 Å². The molecule has 0 spiro atoms. The highest BCUT2D eigenvalue weighted by Gasteiger charge is 2.33. The largest absolute Gasteiger partial charge is 0.338 e. The molecule has 19 heavy (non-hydrogen) atoms. The molecule has 0 aliphatic heterocycles. The van der Waals surface area contributed by atoms with Crippen LogP contribution in [0.1, 0.15) is 37.7 Å². The molecule has 0 aromatic heterocycles. The zero-order valence-corrected chi connectivity index (χ0v) is 11.5. The van der Waals surface area contributed by atoms with Gasteiger partial charge < -0.3 is 5.32 Å². The van der Waals surface area contributed by atoms with E-state index in [9.17, 15) is 10.1 Å². The van der Waals surface area contributed by atoms with Crippen LogP contribution < -0.4 is 5.32 Å². The quantitative estimate of drug-likeness (QED) is 0.921. The summed E-state index contributed by atoms with van der Waals surface area (Å²) >= 11 is 6.03. The molecule has 1 amide bonds. The molecular weight excluding hydrogens is 260 g/mol. The predicted molar refractivity (Wildman–Crippen MR) is 74.7 cm³/mol. The molecule has 0 atom stereocenters. The van der Waals surface area contributed by atoms with Crippen molar-refractivity contribution in [2.45, 2.75) is 44.1 Å². The fraction of sp³-hybridized carbons (Fsp3) is 0.467. The maximum absolute atomic E-state index is 12.1. The number of amides is 1. The number of carbonyl (C=O) groups is 1. The Bertz CT molecular complexity index is 501. The molecule has 1 saturated carbocycles. The first-order valence-corrected chi connectivity index (χ1v) is 6.99. The van der Waals surface area contributed by atoms with E-state index in [-0.39, 0.29) is 12.3 Å². The minimum atomic E-state index is -0.670. The molecule has 0 unspecified atom stereocenters. The van der Waals surface area contributed by atoms with E-state index in [2.05, 4.69) is 11.4 Å². The number of carbonyl (C=O) groups excluding carboxylic acids is 1. The Morgan fingerprint density at radius 1 is 1.32 bits per heavy atom. The first-order chi connectivity index (χ1) is 9.15. The monoisotopic (exact) mass is 276 g/mol. The van der Waals surface area contributed by atoms with Crippen LogP contribution in [0.2, 0.25) is 5.02 Å². The zero-order valence-electron chi connectivity index (χ0n) is 10.8. The lowest BCUT2D eigenvalue weighted by Gasteiger charge is -2.31. The van der Waals surface area contributed by atoms with Gasteiger partial charge in [0, 0.05) is 5.02 Å². The molecule has 0 heterocycles. The highest BCUT2D eigenvalue weighted by atomic mass is 35.5. The van der Waals surface area contributed by atoms with Gasteiger partial charge in [0.2, 0.25) is 5.91 Å². The van der Waals surface area contributed by atoms with Gasteiger partial charge in [-0.1, -0.05) is 49.1 Å². The Balaban J connectivity index is 2.01. The third-order valence-electron chi connectivity index (χ3n) is 3.61. The van der Waals surface area contributed by atoms with E-state index in [4.69, 9.17) is 11.6 Å². The third-order valence-corrected chi connectivity index (χ3v) is 3.98. The van der Waals surface area contributed by atoms with Gasteiger partial charge in [-0.2, -0.15) is 5.26 Å². The van der Waals surface area contributed by atoms with E-state index in [0.29, 0.717) is 5.02 Å². The van der Waals surface area contributed by atoms with Crippen LogP contribution in [0, 0.1) is 11.3 Å². The van der Waals surface area contributed by atoms with Crippen LogP contribution in [0.4, 0.5) is 0 Å². The van der Waals surface area contributed by atoms with E-state index in [1.165, 1.54) is 0 Å². The van der Waals surface area contributed by atoms with Crippen LogP contribution in [0.15, 0.2) is 24.3 Å². The lowest BCUT2D eigenvalue weighted by Crippen LogP contribution is -2.49. The molecule has 100 valence electrons. The summed E-state index contributed by atoms with van der Waals surface area (Å²) in [6, 6.07) is 9.58. The molecule has 1 aromatic carbocycles. The number of hydrogen-bond donors (Lipinski definition) is 1. The van der Waals surface area contributed by atoms with Crippen molar-refractivity contribution in [2.24, 2.45) is 0 Å². The summed E-state index contributed by atoms with van der Waals surface area (Å²) < 4.78 is 0. The zero-order chi connectivity index (χ0) is 13.7. The fourth-order valence-corrected chi connectivity index (χ4v) is 2.75. The first-order valence-electron chi connectivity index (χ1n) is 6.61. The van der Waals surface area contributed by atoms with E-state index in [0.717, 1.165) is 37.7 Å². The number of nitrogens with zero attached hydrogens (tertiary/aromatic N) is 1. The van der Waals surface area contributed by atoms with E-state index in [1.807, 2.05) is 18.2 Å². The van der Waals surface area contributed by atoms with Crippen LogP contribution in [0.25, 0.3) is 0 Å². The van der Waals surface area contributed by atoms with Crippen LogP contribution in [-0.4, -0.2) is 11.4 Å². The van der Waals surface area contributed by atoms with Gasteiger partial charge in [-0.05, 0) is 24.5 Å². The lowest BCUT2D eigenvalue weighted by atomic mass is 9.82. The maximum atomic E-state index is 12.1. The summed E-state index contributed by atoms with van der Waals surface area (Å²) in [6.07, 6.45) is 4.86. The standard InChI is InChI=1S/C15H17ClN2O/c16-13-7-3-2-6-12(13)10-14(19)18-15(11-17)8-4-1-5-9-15/h2-3,6-7H,1,4-5,8-10H2,(H,18,19). The Morgan fingerprint density at radius 2 is 2.00 bits per heavy atom. The second kappa shape index (κ2) is 6.08. The smallest absolute Gasteiger partial charge is 0.225 e. The molecule has 1 aliphatic carbocycles. The molecule has 2 rings (SSSR count). The van der Waals surface area contributed by atoms with Crippen molar-refractivity contribution in [3.05, 3.63) is 34.9 Å². The van der Waals surface area contributed by atoms with Crippen molar-refractivity contribution in [1.29, 1.82) is 5.26 Å². The molecule has 3 nitrogen and oxygen atoms in total. The fourth-order valence-electron chi connectivity index (χ4n) is 2.55. The number of nitriles is 1. The maximum Gasteiger partial charge on any atom is 0.225 e. The van der Waals surface area contributed by atoms with E-state index in [1.54, 1.807) is 6.07 Å². The summed E-state index contributed by atoms with van der Waals surface area (Å²) in [6.45, 7) is 0. The SMILES string of the molecule is N#CC1(NC(=O)Cc2ccccc2Cl)CCCCC1. The van der Waals surface area contributed by atoms with Gasteiger partial charge in [-0.15, -0.1) is 0 Å². The summed E-state index contributed by atoms with van der Waals surface area (Å²) in [5, 5.41) is 12.8. The number of halogens is 1. The minimum Gasteiger partial charge on any atom is -0.338 e. The second-order valence-corrected chi connectivity index (χ2v) is 5.48. The summed E-state index contributed by atoms with van der Waals surface area (Å²) in [4.78, 5) is 12.1. The van der Waals surface area contributed by atoms with Gasteiger partial charge in [-0.3, -0.25) is 4.79 Å². The van der Waals surface area contributed by atoms with Gasteiger partial charge in [0.25, 0.3) is 0 Å². The Labute approximate surface area is 118 Å². The number of rotatable bonds is 3. The van der Waals surface area contributed by atoms with Crippen molar-refractivity contribution in [2.75, 3.05) is 0 Å². The highest BCUT2D eigenvalue weighted by molar-refractivity contribution is 6.31. The predicted octanol–water partition coefficient (Wildman–Crippen LogP) is 3.23. The molecule has 4 heteroatoms. The molecule has 1 aromatic rings. The van der Waals surface area contributed by atoms with E-state index >= 15 is 0 Å². The summed E-state index contributed by atoms with van der Waals surface area (Å²) in [7, 11) is 0. The normalized spacial score (nSPS) is 17.5. The molecule has 1 fully saturated rings. The van der Waals surface area contributed by atoms with Gasteiger partial charge in [-0.25, -0.2) is 0 Å². The van der Waals surface area contributed by atoms with Gasteiger partial charge in [0.1, 0.15) is 5.54 Å². The third kappa shape index (κ3) is 3.48. The molecule has 0 radical (unpaired) electrons. The molecule has 0 bridgehead atoms. The average molecular weight is 277 g/mol. The van der Waals surface area contributed by atoms with Crippen molar-refractivity contribution >= 4 is 17.5 Å². The lowest BCUT2D eigenvalue weighted by molar-refractivity contribution is -0.122. The topological polar surface area (TPSA) is 52.9 Å². The van der Waals surface area contributed by atoms with Gasteiger partial charge in [0.15, 0.2) is 0 Å².